The Bertz CT molecular complexity index is 1060. The quantitative estimate of drug-likeness (QED) is 0.569. The number of fused-ring (bicyclic) bond motifs is 1. The maximum absolute atomic E-state index is 6.14. The summed E-state index contributed by atoms with van der Waals surface area (Å²) in [5.41, 5.74) is 9.64. The third-order valence-electron chi connectivity index (χ3n) is 4.48. The summed E-state index contributed by atoms with van der Waals surface area (Å²) in [5.74, 6) is 1.89. The molecule has 4 rings (SSSR count). The maximum atomic E-state index is 6.14. The fourth-order valence-corrected chi connectivity index (χ4v) is 3.13. The Hall–Kier alpha value is -3.41. The molecule has 0 saturated carbocycles. The number of aryl methyl sites for hydroxylation is 2. The number of benzene rings is 2. The van der Waals surface area contributed by atoms with E-state index < -0.39 is 0 Å². The van der Waals surface area contributed by atoms with Crippen LogP contribution in [0, 0.1) is 0 Å². The molecular weight excluding hydrogens is 338 g/mol. The van der Waals surface area contributed by atoms with Gasteiger partial charge in [-0.25, -0.2) is 14.6 Å². The highest BCUT2D eigenvalue weighted by Gasteiger charge is 2.13. The van der Waals surface area contributed by atoms with Crippen LogP contribution in [0.15, 0.2) is 60.8 Å². The topological polar surface area (TPSA) is 78.8 Å². The molecule has 0 bridgehead atoms. The molecule has 6 nitrogen and oxygen atoms in total. The van der Waals surface area contributed by atoms with Crippen LogP contribution in [0.4, 0.5) is 5.82 Å². The minimum atomic E-state index is 0.406. The monoisotopic (exact) mass is 359 g/mol. The predicted octanol–water partition coefficient (Wildman–Crippen LogP) is 3.58. The Balaban J connectivity index is 1.58. The van der Waals surface area contributed by atoms with Gasteiger partial charge >= 0.3 is 0 Å². The minimum absolute atomic E-state index is 0.406. The normalized spacial score (nSPS) is 11.0. The second kappa shape index (κ2) is 7.45. The highest BCUT2D eigenvalue weighted by atomic mass is 16.5. The number of methoxy groups -OCH3 is 1. The van der Waals surface area contributed by atoms with Crippen LogP contribution in [0.25, 0.3) is 16.7 Å². The van der Waals surface area contributed by atoms with Gasteiger partial charge in [0, 0.05) is 6.42 Å². The van der Waals surface area contributed by atoms with Gasteiger partial charge in [0.2, 0.25) is 0 Å². The number of aromatic nitrogens is 4. The molecule has 4 aromatic rings. The van der Waals surface area contributed by atoms with Gasteiger partial charge in [-0.15, -0.1) is 0 Å². The number of para-hydroxylation sites is 2. The lowest BCUT2D eigenvalue weighted by molar-refractivity contribution is 0.412. The molecule has 0 aliphatic carbocycles. The number of ether oxygens (including phenoxy) is 1. The molecule has 2 heterocycles. The summed E-state index contributed by atoms with van der Waals surface area (Å²) < 4.78 is 7.16. The molecule has 0 saturated heterocycles. The van der Waals surface area contributed by atoms with Crippen LogP contribution < -0.4 is 10.5 Å². The van der Waals surface area contributed by atoms with E-state index in [1.807, 2.05) is 36.5 Å². The van der Waals surface area contributed by atoms with Gasteiger partial charge in [-0.1, -0.05) is 42.5 Å². The van der Waals surface area contributed by atoms with E-state index in [1.54, 1.807) is 11.8 Å². The molecule has 2 aromatic carbocycles. The summed E-state index contributed by atoms with van der Waals surface area (Å²) in [4.78, 5) is 9.10. The van der Waals surface area contributed by atoms with Crippen molar-refractivity contribution < 1.29 is 4.74 Å². The van der Waals surface area contributed by atoms with Crippen molar-refractivity contribution in [3.63, 3.8) is 0 Å². The zero-order chi connectivity index (χ0) is 18.6. The van der Waals surface area contributed by atoms with E-state index in [0.29, 0.717) is 11.3 Å². The van der Waals surface area contributed by atoms with Crippen LogP contribution in [0.2, 0.25) is 0 Å². The van der Waals surface area contributed by atoms with Crippen LogP contribution in [-0.4, -0.2) is 26.9 Å². The SMILES string of the molecule is COc1ccccc1-n1cc2nc(CCCc3ccccc3)nc(N)c2n1. The Kier molecular flexibility index (Phi) is 4.70. The number of hydrogen-bond acceptors (Lipinski definition) is 5. The van der Waals surface area contributed by atoms with Gasteiger partial charge in [-0.3, -0.25) is 0 Å². The number of rotatable bonds is 6. The third kappa shape index (κ3) is 3.60. The smallest absolute Gasteiger partial charge is 0.155 e. The van der Waals surface area contributed by atoms with Crippen molar-refractivity contribution in [1.82, 2.24) is 19.7 Å². The molecule has 0 spiro atoms. The largest absolute Gasteiger partial charge is 0.494 e. The first kappa shape index (κ1) is 17.0. The van der Waals surface area contributed by atoms with E-state index in [-0.39, 0.29) is 0 Å². The van der Waals surface area contributed by atoms with Gasteiger partial charge in [-0.2, -0.15) is 5.10 Å². The number of nitrogens with zero attached hydrogens (tertiary/aromatic N) is 4. The lowest BCUT2D eigenvalue weighted by Gasteiger charge is -2.06. The van der Waals surface area contributed by atoms with Crippen molar-refractivity contribution in [3.8, 4) is 11.4 Å². The first-order chi connectivity index (χ1) is 13.2. The Labute approximate surface area is 157 Å². The molecule has 0 aliphatic rings. The first-order valence-corrected chi connectivity index (χ1v) is 8.93. The van der Waals surface area contributed by atoms with E-state index in [1.165, 1.54) is 5.56 Å². The van der Waals surface area contributed by atoms with Crippen molar-refractivity contribution in [2.45, 2.75) is 19.3 Å². The molecule has 2 aromatic heterocycles. The van der Waals surface area contributed by atoms with Crippen molar-refractivity contribution >= 4 is 16.9 Å². The van der Waals surface area contributed by atoms with Crippen LogP contribution in [-0.2, 0) is 12.8 Å². The summed E-state index contributed by atoms with van der Waals surface area (Å²) in [6.45, 7) is 0. The highest BCUT2D eigenvalue weighted by molar-refractivity contribution is 5.84. The van der Waals surface area contributed by atoms with Crippen molar-refractivity contribution in [2.75, 3.05) is 12.8 Å². The summed E-state index contributed by atoms with van der Waals surface area (Å²) in [7, 11) is 1.64. The third-order valence-corrected chi connectivity index (χ3v) is 4.48. The van der Waals surface area contributed by atoms with E-state index in [2.05, 4.69) is 39.3 Å². The lowest BCUT2D eigenvalue weighted by Crippen LogP contribution is -2.02. The molecule has 2 N–H and O–H groups in total. The molecule has 6 heteroatoms. The molecule has 136 valence electrons. The van der Waals surface area contributed by atoms with Crippen LogP contribution in [0.1, 0.15) is 17.8 Å². The van der Waals surface area contributed by atoms with Gasteiger partial charge in [0.1, 0.15) is 22.8 Å². The Morgan fingerprint density at radius 3 is 2.56 bits per heavy atom. The second-order valence-corrected chi connectivity index (χ2v) is 6.34. The second-order valence-electron chi connectivity index (χ2n) is 6.34. The molecule has 0 amide bonds. The lowest BCUT2D eigenvalue weighted by atomic mass is 10.1. The summed E-state index contributed by atoms with van der Waals surface area (Å²) in [6, 6.07) is 18.1. The van der Waals surface area contributed by atoms with E-state index >= 15 is 0 Å². The summed E-state index contributed by atoms with van der Waals surface area (Å²) >= 11 is 0. The van der Waals surface area contributed by atoms with E-state index in [4.69, 9.17) is 10.5 Å². The highest BCUT2D eigenvalue weighted by Crippen LogP contribution is 2.24. The van der Waals surface area contributed by atoms with E-state index in [9.17, 15) is 0 Å². The fourth-order valence-electron chi connectivity index (χ4n) is 3.13. The number of anilines is 1. The Morgan fingerprint density at radius 1 is 0.963 bits per heavy atom. The fraction of sp³-hybridized carbons (Fsp3) is 0.190. The van der Waals surface area contributed by atoms with Crippen molar-refractivity contribution in [1.29, 1.82) is 0 Å². The van der Waals surface area contributed by atoms with Crippen molar-refractivity contribution in [2.24, 2.45) is 0 Å². The van der Waals surface area contributed by atoms with Gasteiger partial charge in [-0.05, 0) is 30.5 Å². The average Bonchev–Trinajstić information content (AvgIpc) is 3.13. The molecule has 0 atom stereocenters. The molecule has 0 radical (unpaired) electrons. The number of nitrogens with two attached hydrogens (primary N) is 1. The molecule has 0 aliphatic heterocycles. The maximum Gasteiger partial charge on any atom is 0.155 e. The van der Waals surface area contributed by atoms with Crippen LogP contribution in [0.5, 0.6) is 5.75 Å². The average molecular weight is 359 g/mol. The summed E-state index contributed by atoms with van der Waals surface area (Å²) in [5, 5.41) is 4.55. The standard InChI is InChI=1S/C21H21N5O/c1-27-18-12-6-5-11-17(18)26-14-16-20(25-26)21(22)24-19(23-16)13-7-10-15-8-3-2-4-9-15/h2-6,8-9,11-12,14H,7,10,13H2,1H3,(H2,22,23,24). The van der Waals surface area contributed by atoms with Gasteiger partial charge in [0.05, 0.1) is 13.3 Å². The van der Waals surface area contributed by atoms with E-state index in [0.717, 1.165) is 42.0 Å². The van der Waals surface area contributed by atoms with Crippen LogP contribution in [0.3, 0.4) is 0 Å². The van der Waals surface area contributed by atoms with Gasteiger partial charge < -0.3 is 10.5 Å². The molecule has 0 fully saturated rings. The zero-order valence-corrected chi connectivity index (χ0v) is 15.2. The number of hydrogen-bond donors (Lipinski definition) is 1. The predicted molar refractivity (Wildman–Crippen MR) is 106 cm³/mol. The summed E-state index contributed by atoms with van der Waals surface area (Å²) in [6.07, 6.45) is 4.60. The number of nitrogen functional groups attached to an aromatic ring is 1. The Morgan fingerprint density at radius 2 is 1.74 bits per heavy atom. The molecule has 27 heavy (non-hydrogen) atoms. The zero-order valence-electron chi connectivity index (χ0n) is 15.2. The first-order valence-electron chi connectivity index (χ1n) is 8.93. The minimum Gasteiger partial charge on any atom is -0.494 e. The van der Waals surface area contributed by atoms with Crippen LogP contribution >= 0.6 is 0 Å². The van der Waals surface area contributed by atoms with Gasteiger partial charge in [0.15, 0.2) is 11.3 Å². The molecular formula is C21H21N5O. The van der Waals surface area contributed by atoms with Gasteiger partial charge in [0.25, 0.3) is 0 Å². The van der Waals surface area contributed by atoms with Crippen molar-refractivity contribution in [3.05, 3.63) is 72.2 Å². The molecule has 0 unspecified atom stereocenters.